The van der Waals surface area contributed by atoms with Crippen molar-refractivity contribution in [3.05, 3.63) is 217 Å². The van der Waals surface area contributed by atoms with E-state index >= 15 is 0 Å². The minimum atomic E-state index is -0.0622. The van der Waals surface area contributed by atoms with Crippen molar-refractivity contribution in [2.45, 2.75) is 12.5 Å². The van der Waals surface area contributed by atoms with Gasteiger partial charge in [0.1, 0.15) is 0 Å². The van der Waals surface area contributed by atoms with Gasteiger partial charge in [0, 0.05) is 51.5 Å². The van der Waals surface area contributed by atoms with Gasteiger partial charge in [-0.25, -0.2) is 0 Å². The molecule has 0 N–H and O–H groups in total. The SMILES string of the molecule is C1=C(N(c2ccccc2)c2ccc3ccccc3c2)CC(N(c2ccccc2)c2ccc3ccccc3c2)c2c1c1ccccc1n2-c1ccccc1. The summed E-state index contributed by atoms with van der Waals surface area (Å²) in [6.45, 7) is 0. The molecule has 0 bridgehead atoms. The fourth-order valence-corrected chi connectivity index (χ4v) is 8.31. The highest BCUT2D eigenvalue weighted by Gasteiger charge is 2.36. The summed E-state index contributed by atoms with van der Waals surface area (Å²) in [5.74, 6) is 0. The molecule has 0 aliphatic heterocycles. The first-order valence-electron chi connectivity index (χ1n) is 18.4. The van der Waals surface area contributed by atoms with Crippen LogP contribution in [-0.2, 0) is 0 Å². The molecule has 1 atom stereocenters. The smallest absolute Gasteiger partial charge is 0.0807 e. The van der Waals surface area contributed by atoms with E-state index in [4.69, 9.17) is 0 Å². The average Bonchev–Trinajstić information content (AvgIpc) is 3.56. The Morgan fingerprint density at radius 3 is 1.64 bits per heavy atom. The summed E-state index contributed by atoms with van der Waals surface area (Å²) in [6, 6.07) is 72.5. The minimum absolute atomic E-state index is 0.0622. The molecule has 1 aliphatic carbocycles. The lowest BCUT2D eigenvalue weighted by atomic mass is 9.91. The van der Waals surface area contributed by atoms with Crippen LogP contribution in [0.2, 0.25) is 0 Å². The van der Waals surface area contributed by atoms with Gasteiger partial charge in [0.25, 0.3) is 0 Å². The molecule has 0 radical (unpaired) electrons. The van der Waals surface area contributed by atoms with E-state index in [0.717, 1.165) is 34.9 Å². The Bertz CT molecular complexity index is 2760. The normalized spacial score (nSPS) is 13.9. The van der Waals surface area contributed by atoms with Crippen molar-refractivity contribution in [3.8, 4) is 5.69 Å². The van der Waals surface area contributed by atoms with Crippen molar-refractivity contribution >= 4 is 61.3 Å². The van der Waals surface area contributed by atoms with Crippen LogP contribution in [-0.4, -0.2) is 4.57 Å². The molecule has 10 rings (SSSR count). The molecule has 1 aromatic heterocycles. The fourth-order valence-electron chi connectivity index (χ4n) is 8.31. The molecule has 0 saturated carbocycles. The van der Waals surface area contributed by atoms with Gasteiger partial charge >= 0.3 is 0 Å². The lowest BCUT2D eigenvalue weighted by Crippen LogP contribution is -2.31. The predicted octanol–water partition coefficient (Wildman–Crippen LogP) is 13.4. The van der Waals surface area contributed by atoms with Crippen molar-refractivity contribution in [1.29, 1.82) is 0 Å². The van der Waals surface area contributed by atoms with Gasteiger partial charge in [-0.3, -0.25) is 0 Å². The zero-order chi connectivity index (χ0) is 35.1. The molecule has 0 spiro atoms. The van der Waals surface area contributed by atoms with Crippen molar-refractivity contribution in [3.63, 3.8) is 0 Å². The first-order valence-corrected chi connectivity index (χ1v) is 18.4. The Balaban J connectivity index is 1.27. The number of hydrogen-bond acceptors (Lipinski definition) is 2. The maximum absolute atomic E-state index is 2.57. The van der Waals surface area contributed by atoms with E-state index in [-0.39, 0.29) is 6.04 Å². The second-order valence-electron chi connectivity index (χ2n) is 13.8. The Labute approximate surface area is 309 Å². The van der Waals surface area contributed by atoms with Gasteiger partial charge in [-0.15, -0.1) is 0 Å². The molecule has 8 aromatic carbocycles. The summed E-state index contributed by atoms with van der Waals surface area (Å²) < 4.78 is 2.50. The quantitative estimate of drug-likeness (QED) is 0.166. The third-order valence-corrected chi connectivity index (χ3v) is 10.6. The topological polar surface area (TPSA) is 11.4 Å². The van der Waals surface area contributed by atoms with Crippen LogP contribution in [0.4, 0.5) is 22.7 Å². The first kappa shape index (κ1) is 30.9. The average molecular weight is 680 g/mol. The van der Waals surface area contributed by atoms with E-state index in [1.54, 1.807) is 0 Å². The molecule has 0 fully saturated rings. The zero-order valence-corrected chi connectivity index (χ0v) is 29.3. The summed E-state index contributed by atoms with van der Waals surface area (Å²) in [4.78, 5) is 5.04. The Hall–Kier alpha value is -6.84. The minimum Gasteiger partial charge on any atom is -0.332 e. The van der Waals surface area contributed by atoms with Crippen LogP contribution in [0.3, 0.4) is 0 Å². The van der Waals surface area contributed by atoms with E-state index < -0.39 is 0 Å². The standard InChI is InChI=1S/C50H37N3/c1-4-20-40(21-5-1)51(43-30-28-36-16-10-12-18-38(36)32-43)45-34-47-46-26-14-15-27-48(46)53(42-24-8-3-9-25-42)50(47)49(35-45)52(41-22-6-2-7-23-41)44-31-29-37-17-11-13-19-39(37)33-44/h1-34,49H,35H2. The Kier molecular flexibility index (Phi) is 7.62. The van der Waals surface area contributed by atoms with Crippen LogP contribution < -0.4 is 9.80 Å². The Morgan fingerprint density at radius 2 is 0.962 bits per heavy atom. The number of para-hydroxylation sites is 4. The summed E-state index contributed by atoms with van der Waals surface area (Å²) in [5.41, 5.74) is 10.7. The lowest BCUT2D eigenvalue weighted by molar-refractivity contribution is 0.642. The van der Waals surface area contributed by atoms with Gasteiger partial charge in [0.15, 0.2) is 0 Å². The lowest BCUT2D eigenvalue weighted by Gasteiger charge is -2.40. The Morgan fingerprint density at radius 1 is 0.434 bits per heavy atom. The van der Waals surface area contributed by atoms with Crippen LogP contribution in [0.15, 0.2) is 206 Å². The van der Waals surface area contributed by atoms with Gasteiger partial charge in [0.05, 0.1) is 17.3 Å². The third kappa shape index (κ3) is 5.46. The third-order valence-electron chi connectivity index (χ3n) is 10.6. The van der Waals surface area contributed by atoms with Crippen LogP contribution >= 0.6 is 0 Å². The highest BCUT2D eigenvalue weighted by molar-refractivity contribution is 5.97. The van der Waals surface area contributed by atoms with E-state index in [1.807, 2.05) is 0 Å². The fraction of sp³-hybridized carbons (Fsp3) is 0.0400. The number of nitrogens with zero attached hydrogens (tertiary/aromatic N) is 3. The molecule has 9 aromatic rings. The van der Waals surface area contributed by atoms with Crippen LogP contribution in [0.5, 0.6) is 0 Å². The molecule has 3 nitrogen and oxygen atoms in total. The highest BCUT2D eigenvalue weighted by atomic mass is 15.2. The first-order chi connectivity index (χ1) is 26.3. The molecule has 1 heterocycles. The molecule has 0 amide bonds. The number of fused-ring (bicyclic) bond motifs is 5. The van der Waals surface area contributed by atoms with Crippen LogP contribution in [0, 0.1) is 0 Å². The molecular formula is C50H37N3. The molecule has 1 aliphatic rings. The summed E-state index contributed by atoms with van der Waals surface area (Å²) in [7, 11) is 0. The van der Waals surface area contributed by atoms with Crippen molar-refractivity contribution < 1.29 is 0 Å². The highest BCUT2D eigenvalue weighted by Crippen LogP contribution is 2.49. The monoisotopic (exact) mass is 679 g/mol. The van der Waals surface area contributed by atoms with E-state index in [1.165, 1.54) is 49.4 Å². The number of hydrogen-bond donors (Lipinski definition) is 0. The van der Waals surface area contributed by atoms with Gasteiger partial charge in [0.2, 0.25) is 0 Å². The number of rotatable bonds is 7. The van der Waals surface area contributed by atoms with Crippen molar-refractivity contribution in [2.75, 3.05) is 9.80 Å². The largest absolute Gasteiger partial charge is 0.332 e. The van der Waals surface area contributed by atoms with Gasteiger partial charge in [-0.1, -0.05) is 133 Å². The number of aromatic nitrogens is 1. The molecule has 3 heteroatoms. The zero-order valence-electron chi connectivity index (χ0n) is 29.3. The van der Waals surface area contributed by atoms with Gasteiger partial charge in [-0.2, -0.15) is 0 Å². The maximum Gasteiger partial charge on any atom is 0.0807 e. The number of benzene rings is 8. The molecular weight excluding hydrogens is 643 g/mol. The van der Waals surface area contributed by atoms with Crippen LogP contribution in [0.1, 0.15) is 23.7 Å². The van der Waals surface area contributed by atoms with Crippen molar-refractivity contribution in [1.82, 2.24) is 4.57 Å². The van der Waals surface area contributed by atoms with E-state index in [9.17, 15) is 0 Å². The second kappa shape index (κ2) is 13.0. The van der Waals surface area contributed by atoms with E-state index in [2.05, 4.69) is 221 Å². The van der Waals surface area contributed by atoms with Gasteiger partial charge < -0.3 is 14.4 Å². The van der Waals surface area contributed by atoms with E-state index in [0.29, 0.717) is 0 Å². The van der Waals surface area contributed by atoms with Crippen LogP contribution in [0.25, 0.3) is 44.2 Å². The summed E-state index contributed by atoms with van der Waals surface area (Å²) in [6.07, 6.45) is 3.22. The number of anilines is 4. The molecule has 53 heavy (non-hydrogen) atoms. The summed E-state index contributed by atoms with van der Waals surface area (Å²) in [5, 5.41) is 6.16. The predicted molar refractivity (Wildman–Crippen MR) is 224 cm³/mol. The molecule has 1 unspecified atom stereocenters. The summed E-state index contributed by atoms with van der Waals surface area (Å²) >= 11 is 0. The second-order valence-corrected chi connectivity index (χ2v) is 13.8. The molecule has 252 valence electrons. The maximum atomic E-state index is 2.57. The molecule has 0 saturated heterocycles. The van der Waals surface area contributed by atoms with Crippen molar-refractivity contribution in [2.24, 2.45) is 0 Å². The van der Waals surface area contributed by atoms with Gasteiger partial charge in [-0.05, 0) is 94.4 Å².